The number of nitrogens with one attached hydrogen (secondary N) is 1. The van der Waals surface area contributed by atoms with Gasteiger partial charge in [-0.1, -0.05) is 12.1 Å². The lowest BCUT2D eigenvalue weighted by Gasteiger charge is -2.19. The van der Waals surface area contributed by atoms with E-state index >= 15 is 0 Å². The van der Waals surface area contributed by atoms with Crippen LogP contribution in [0.25, 0.3) is 0 Å². The summed E-state index contributed by atoms with van der Waals surface area (Å²) in [5, 5.41) is 2.76. The van der Waals surface area contributed by atoms with Crippen molar-refractivity contribution in [3.8, 4) is 5.75 Å². The van der Waals surface area contributed by atoms with Gasteiger partial charge in [0, 0.05) is 24.5 Å². The molecule has 0 fully saturated rings. The summed E-state index contributed by atoms with van der Waals surface area (Å²) in [4.78, 5) is 13.6. The molecule has 28 heavy (non-hydrogen) atoms. The molecule has 8 heteroatoms. The Morgan fingerprint density at radius 1 is 1.18 bits per heavy atom. The van der Waals surface area contributed by atoms with E-state index in [0.717, 1.165) is 10.5 Å². The highest BCUT2D eigenvalue weighted by Gasteiger charge is 2.24. The first-order valence-electron chi connectivity index (χ1n) is 8.77. The predicted octanol–water partition coefficient (Wildman–Crippen LogP) is 3.38. The molecule has 0 aromatic heterocycles. The minimum atomic E-state index is -3.77. The van der Waals surface area contributed by atoms with Gasteiger partial charge in [-0.3, -0.25) is 4.79 Å². The fourth-order valence-corrected chi connectivity index (χ4v) is 4.21. The maximum Gasteiger partial charge on any atom is 0.255 e. The molecule has 1 amide bonds. The van der Waals surface area contributed by atoms with E-state index in [2.05, 4.69) is 5.32 Å². The Balaban J connectivity index is 2.31. The molecule has 0 unspecified atom stereocenters. The molecule has 152 valence electrons. The number of nitrogens with zero attached hydrogens (tertiary/aromatic N) is 1. The molecule has 0 aliphatic carbocycles. The van der Waals surface area contributed by atoms with Gasteiger partial charge >= 0.3 is 0 Å². The maximum atomic E-state index is 13.0. The lowest BCUT2D eigenvalue weighted by atomic mass is 10.2. The minimum absolute atomic E-state index is 0.0467. The molecule has 0 bridgehead atoms. The SMILES string of the molecule is COc1ccc(S(=O)(=O)N(C)Cc2ccc(SC)cc2)cc1C(=O)NC(C)C. The molecule has 0 saturated carbocycles. The number of amides is 1. The van der Waals surface area contributed by atoms with E-state index in [4.69, 9.17) is 4.74 Å². The van der Waals surface area contributed by atoms with Crippen molar-refractivity contribution in [1.29, 1.82) is 0 Å². The Labute approximate surface area is 171 Å². The molecule has 0 aliphatic rings. The van der Waals surface area contributed by atoms with Crippen molar-refractivity contribution in [3.63, 3.8) is 0 Å². The number of benzene rings is 2. The molecule has 0 spiro atoms. The van der Waals surface area contributed by atoms with Crippen LogP contribution in [-0.4, -0.2) is 45.1 Å². The van der Waals surface area contributed by atoms with Crippen molar-refractivity contribution in [3.05, 3.63) is 53.6 Å². The Morgan fingerprint density at radius 2 is 1.82 bits per heavy atom. The topological polar surface area (TPSA) is 75.7 Å². The molecule has 2 aromatic rings. The van der Waals surface area contributed by atoms with E-state index < -0.39 is 10.0 Å². The average molecular weight is 423 g/mol. The van der Waals surface area contributed by atoms with Crippen LogP contribution in [0.15, 0.2) is 52.3 Å². The number of hydrogen-bond acceptors (Lipinski definition) is 5. The third-order valence-corrected chi connectivity index (χ3v) is 6.65. The number of carbonyl (C=O) groups is 1. The zero-order valence-corrected chi connectivity index (χ0v) is 18.4. The van der Waals surface area contributed by atoms with Crippen molar-refractivity contribution >= 4 is 27.7 Å². The highest BCUT2D eigenvalue weighted by Crippen LogP contribution is 2.25. The molecule has 1 N–H and O–H groups in total. The number of carbonyl (C=O) groups excluding carboxylic acids is 1. The van der Waals surface area contributed by atoms with Crippen LogP contribution in [0.3, 0.4) is 0 Å². The number of thioether (sulfide) groups is 1. The van der Waals surface area contributed by atoms with E-state index in [1.54, 1.807) is 11.8 Å². The van der Waals surface area contributed by atoms with Crippen molar-refractivity contribution < 1.29 is 17.9 Å². The van der Waals surface area contributed by atoms with Crippen LogP contribution in [0.5, 0.6) is 5.75 Å². The first-order chi connectivity index (χ1) is 13.2. The van der Waals surface area contributed by atoms with Gasteiger partial charge in [0.15, 0.2) is 0 Å². The summed E-state index contributed by atoms with van der Waals surface area (Å²) in [6.07, 6.45) is 1.99. The molecule has 2 rings (SSSR count). The van der Waals surface area contributed by atoms with Crippen LogP contribution in [0.2, 0.25) is 0 Å². The third kappa shape index (κ3) is 5.27. The van der Waals surface area contributed by atoms with E-state index in [9.17, 15) is 13.2 Å². The first kappa shape index (κ1) is 22.3. The first-order valence-corrected chi connectivity index (χ1v) is 11.4. The number of ether oxygens (including phenoxy) is 1. The summed E-state index contributed by atoms with van der Waals surface area (Å²) in [5.41, 5.74) is 1.07. The number of methoxy groups -OCH3 is 1. The quantitative estimate of drug-likeness (QED) is 0.660. The van der Waals surface area contributed by atoms with Crippen LogP contribution in [-0.2, 0) is 16.6 Å². The fraction of sp³-hybridized carbons (Fsp3) is 0.350. The lowest BCUT2D eigenvalue weighted by Crippen LogP contribution is -2.31. The smallest absolute Gasteiger partial charge is 0.255 e. The third-order valence-electron chi connectivity index (χ3n) is 4.11. The lowest BCUT2D eigenvalue weighted by molar-refractivity contribution is 0.0940. The standard InChI is InChI=1S/C20H26N2O4S2/c1-14(2)21-20(23)18-12-17(10-11-19(18)26-4)28(24,25)22(3)13-15-6-8-16(27-5)9-7-15/h6-12,14H,13H2,1-5H3,(H,21,23). The largest absolute Gasteiger partial charge is 0.496 e. The van der Waals surface area contributed by atoms with Gasteiger partial charge in [0.1, 0.15) is 5.75 Å². The van der Waals surface area contributed by atoms with Crippen LogP contribution in [0.4, 0.5) is 0 Å². The normalized spacial score (nSPS) is 11.7. The summed E-state index contributed by atoms with van der Waals surface area (Å²) in [6.45, 7) is 3.90. The van der Waals surface area contributed by atoms with Crippen LogP contribution >= 0.6 is 11.8 Å². The van der Waals surface area contributed by atoms with Crippen molar-refractivity contribution in [1.82, 2.24) is 9.62 Å². The molecule has 2 aromatic carbocycles. The Bertz CT molecular complexity index is 926. The Hall–Kier alpha value is -2.03. The van der Waals surface area contributed by atoms with Gasteiger partial charge in [-0.2, -0.15) is 4.31 Å². The number of hydrogen-bond donors (Lipinski definition) is 1. The Morgan fingerprint density at radius 3 is 2.36 bits per heavy atom. The van der Waals surface area contributed by atoms with Gasteiger partial charge in [-0.15, -0.1) is 11.8 Å². The number of sulfonamides is 1. The fourth-order valence-electron chi connectivity index (χ4n) is 2.62. The van der Waals surface area contributed by atoms with Crippen LogP contribution < -0.4 is 10.1 Å². The molecule has 0 heterocycles. The van der Waals surface area contributed by atoms with Crippen molar-refractivity contribution in [2.45, 2.75) is 36.2 Å². The highest BCUT2D eigenvalue weighted by atomic mass is 32.2. The summed E-state index contributed by atoms with van der Waals surface area (Å²) in [6, 6.07) is 12.0. The van der Waals surface area contributed by atoms with Gasteiger partial charge in [0.2, 0.25) is 10.0 Å². The van der Waals surface area contributed by atoms with Crippen molar-refractivity contribution in [2.75, 3.05) is 20.4 Å². The summed E-state index contributed by atoms with van der Waals surface area (Å²) >= 11 is 1.63. The van der Waals surface area contributed by atoms with Crippen LogP contribution in [0, 0.1) is 0 Å². The second-order valence-corrected chi connectivity index (χ2v) is 9.52. The van der Waals surface area contributed by atoms with Crippen molar-refractivity contribution in [2.24, 2.45) is 0 Å². The highest BCUT2D eigenvalue weighted by molar-refractivity contribution is 7.98. The summed E-state index contributed by atoms with van der Waals surface area (Å²) in [5.74, 6) is -0.0494. The zero-order valence-electron chi connectivity index (χ0n) is 16.7. The van der Waals surface area contributed by atoms with E-state index in [1.165, 1.54) is 36.7 Å². The molecular formula is C20H26N2O4S2. The molecular weight excluding hydrogens is 396 g/mol. The molecule has 0 saturated heterocycles. The summed E-state index contributed by atoms with van der Waals surface area (Å²) in [7, 11) is -0.802. The maximum absolute atomic E-state index is 13.0. The van der Waals surface area contributed by atoms with Crippen LogP contribution in [0.1, 0.15) is 29.8 Å². The van der Waals surface area contributed by atoms with E-state index in [0.29, 0.717) is 5.75 Å². The van der Waals surface area contributed by atoms with E-state index in [1.807, 2.05) is 44.4 Å². The zero-order chi connectivity index (χ0) is 20.9. The molecule has 0 aliphatic heterocycles. The molecule has 0 radical (unpaired) electrons. The van der Waals surface area contributed by atoms with Gasteiger partial charge in [-0.05, 0) is 56.0 Å². The van der Waals surface area contributed by atoms with Gasteiger partial charge in [-0.25, -0.2) is 8.42 Å². The number of rotatable bonds is 8. The predicted molar refractivity (Wildman–Crippen MR) is 112 cm³/mol. The summed E-state index contributed by atoms with van der Waals surface area (Å²) < 4.78 is 32.5. The van der Waals surface area contributed by atoms with Gasteiger partial charge in [0.05, 0.1) is 17.6 Å². The monoisotopic (exact) mass is 422 g/mol. The second-order valence-electron chi connectivity index (χ2n) is 6.60. The Kier molecular flexibility index (Phi) is 7.51. The average Bonchev–Trinajstić information content (AvgIpc) is 2.67. The second kappa shape index (κ2) is 9.45. The molecule has 0 atom stereocenters. The van der Waals surface area contributed by atoms with Gasteiger partial charge in [0.25, 0.3) is 5.91 Å². The molecule has 6 nitrogen and oxygen atoms in total. The van der Waals surface area contributed by atoms with E-state index in [-0.39, 0.29) is 29.0 Å². The minimum Gasteiger partial charge on any atom is -0.496 e. The van der Waals surface area contributed by atoms with Gasteiger partial charge < -0.3 is 10.1 Å².